The number of carbonyl (C=O) groups is 1. The van der Waals surface area contributed by atoms with Crippen LogP contribution in [0.3, 0.4) is 0 Å². The summed E-state index contributed by atoms with van der Waals surface area (Å²) in [4.78, 5) is 16.5. The lowest BCUT2D eigenvalue weighted by atomic mass is 10.2. The first-order valence-corrected chi connectivity index (χ1v) is 9.01. The Morgan fingerprint density at radius 3 is 2.67 bits per heavy atom. The zero-order valence-corrected chi connectivity index (χ0v) is 16.4. The van der Waals surface area contributed by atoms with Gasteiger partial charge in [-0.25, -0.2) is 0 Å². The molecule has 1 unspecified atom stereocenters. The summed E-state index contributed by atoms with van der Waals surface area (Å²) in [6.45, 7) is 1.79. The summed E-state index contributed by atoms with van der Waals surface area (Å²) in [6, 6.07) is 14.6. The molecular formula is C19H18BrN3O4. The van der Waals surface area contributed by atoms with Gasteiger partial charge < -0.3 is 19.3 Å². The fourth-order valence-electron chi connectivity index (χ4n) is 2.29. The topological polar surface area (TPSA) is 86.5 Å². The summed E-state index contributed by atoms with van der Waals surface area (Å²) >= 11 is 3.40. The summed E-state index contributed by atoms with van der Waals surface area (Å²) in [5.41, 5.74) is 0.821. The van der Waals surface area contributed by atoms with Crippen LogP contribution in [0.4, 0.5) is 0 Å². The Morgan fingerprint density at radius 1 is 1.22 bits per heavy atom. The monoisotopic (exact) mass is 431 g/mol. The van der Waals surface area contributed by atoms with Crippen molar-refractivity contribution in [3.63, 3.8) is 0 Å². The highest BCUT2D eigenvalue weighted by Crippen LogP contribution is 2.20. The molecule has 0 aliphatic heterocycles. The van der Waals surface area contributed by atoms with Gasteiger partial charge in [-0.3, -0.25) is 4.79 Å². The number of methoxy groups -OCH3 is 1. The van der Waals surface area contributed by atoms with E-state index < -0.39 is 6.10 Å². The van der Waals surface area contributed by atoms with Crippen LogP contribution in [0.1, 0.15) is 12.8 Å². The second-order valence-electron chi connectivity index (χ2n) is 5.68. The summed E-state index contributed by atoms with van der Waals surface area (Å²) in [7, 11) is 1.59. The molecule has 0 fully saturated rings. The maximum absolute atomic E-state index is 12.2. The highest BCUT2D eigenvalue weighted by molar-refractivity contribution is 9.10. The van der Waals surface area contributed by atoms with E-state index in [0.29, 0.717) is 17.5 Å². The Hall–Kier alpha value is -2.87. The Kier molecular flexibility index (Phi) is 6.08. The molecule has 0 radical (unpaired) electrons. The van der Waals surface area contributed by atoms with Crippen molar-refractivity contribution in [2.24, 2.45) is 0 Å². The van der Waals surface area contributed by atoms with Crippen LogP contribution in [0.15, 0.2) is 57.5 Å². The van der Waals surface area contributed by atoms with E-state index in [1.807, 2.05) is 24.3 Å². The van der Waals surface area contributed by atoms with Gasteiger partial charge >= 0.3 is 0 Å². The lowest BCUT2D eigenvalue weighted by Gasteiger charge is -2.14. The van der Waals surface area contributed by atoms with E-state index in [9.17, 15) is 4.79 Å². The second kappa shape index (κ2) is 8.68. The quantitative estimate of drug-likeness (QED) is 0.614. The number of ether oxygens (including phenoxy) is 2. The zero-order chi connectivity index (χ0) is 19.2. The third-order valence-corrected chi connectivity index (χ3v) is 4.20. The molecule has 2 aromatic carbocycles. The largest absolute Gasteiger partial charge is 0.497 e. The Balaban J connectivity index is 1.54. The van der Waals surface area contributed by atoms with Gasteiger partial charge in [-0.05, 0) is 43.3 Å². The molecule has 0 aliphatic carbocycles. The van der Waals surface area contributed by atoms with Crippen molar-refractivity contribution in [1.29, 1.82) is 0 Å². The van der Waals surface area contributed by atoms with Crippen molar-refractivity contribution in [1.82, 2.24) is 15.5 Å². The number of amides is 1. The minimum atomic E-state index is -0.675. The first-order chi connectivity index (χ1) is 13.0. The average molecular weight is 432 g/mol. The van der Waals surface area contributed by atoms with Gasteiger partial charge in [0.2, 0.25) is 11.7 Å². The molecule has 0 bridgehead atoms. The highest BCUT2D eigenvalue weighted by Gasteiger charge is 2.16. The van der Waals surface area contributed by atoms with Gasteiger partial charge in [-0.1, -0.05) is 33.2 Å². The van der Waals surface area contributed by atoms with E-state index in [2.05, 4.69) is 31.4 Å². The fraction of sp³-hybridized carbons (Fsp3) is 0.211. The maximum Gasteiger partial charge on any atom is 0.261 e. The minimum Gasteiger partial charge on any atom is -0.497 e. The van der Waals surface area contributed by atoms with Gasteiger partial charge in [0.25, 0.3) is 5.91 Å². The van der Waals surface area contributed by atoms with Gasteiger partial charge in [0.05, 0.1) is 13.7 Å². The molecule has 0 spiro atoms. The molecule has 1 heterocycles. The number of hydrogen-bond donors (Lipinski definition) is 1. The standard InChI is InChI=1S/C19H18BrN3O4/c1-12(26-16-8-6-15(25-2)7-9-16)19(24)21-11-17-22-18(23-27-17)13-4-3-5-14(20)10-13/h3-10,12H,11H2,1-2H3,(H,21,24). The first kappa shape index (κ1) is 18.9. The van der Waals surface area contributed by atoms with E-state index in [1.54, 1.807) is 38.3 Å². The van der Waals surface area contributed by atoms with E-state index in [-0.39, 0.29) is 12.5 Å². The van der Waals surface area contributed by atoms with E-state index in [4.69, 9.17) is 14.0 Å². The van der Waals surface area contributed by atoms with Crippen LogP contribution in [-0.4, -0.2) is 29.3 Å². The summed E-state index contributed by atoms with van der Waals surface area (Å²) < 4.78 is 16.8. The molecule has 1 aromatic heterocycles. The molecule has 1 amide bonds. The van der Waals surface area contributed by atoms with Crippen molar-refractivity contribution >= 4 is 21.8 Å². The molecular weight excluding hydrogens is 414 g/mol. The van der Waals surface area contributed by atoms with Crippen LogP contribution >= 0.6 is 15.9 Å². The third kappa shape index (κ3) is 5.07. The molecule has 0 saturated heterocycles. The SMILES string of the molecule is COc1ccc(OC(C)C(=O)NCc2nc(-c3cccc(Br)c3)no2)cc1. The van der Waals surface area contributed by atoms with Gasteiger partial charge in [-0.2, -0.15) is 4.98 Å². The Labute approximate surface area is 164 Å². The predicted octanol–water partition coefficient (Wildman–Crippen LogP) is 3.59. The number of benzene rings is 2. The summed E-state index contributed by atoms with van der Waals surface area (Å²) in [6.07, 6.45) is -0.675. The second-order valence-corrected chi connectivity index (χ2v) is 6.59. The molecule has 1 N–H and O–H groups in total. The van der Waals surface area contributed by atoms with Crippen molar-refractivity contribution < 1.29 is 18.8 Å². The third-order valence-electron chi connectivity index (χ3n) is 3.71. The molecule has 3 rings (SSSR count). The number of rotatable bonds is 7. The van der Waals surface area contributed by atoms with Crippen LogP contribution in [-0.2, 0) is 11.3 Å². The smallest absolute Gasteiger partial charge is 0.261 e. The highest BCUT2D eigenvalue weighted by atomic mass is 79.9. The first-order valence-electron chi connectivity index (χ1n) is 8.22. The number of nitrogens with zero attached hydrogens (tertiary/aromatic N) is 2. The van der Waals surface area contributed by atoms with Gasteiger partial charge in [0, 0.05) is 10.0 Å². The van der Waals surface area contributed by atoms with Crippen LogP contribution < -0.4 is 14.8 Å². The lowest BCUT2D eigenvalue weighted by Crippen LogP contribution is -2.35. The molecule has 0 saturated carbocycles. The molecule has 1 atom stereocenters. The van der Waals surface area contributed by atoms with Gasteiger partial charge in [0.1, 0.15) is 11.5 Å². The number of hydrogen-bond acceptors (Lipinski definition) is 6. The van der Waals surface area contributed by atoms with E-state index >= 15 is 0 Å². The summed E-state index contributed by atoms with van der Waals surface area (Å²) in [5, 5.41) is 6.66. The van der Waals surface area contributed by atoms with Crippen LogP contribution in [0, 0.1) is 0 Å². The van der Waals surface area contributed by atoms with Gasteiger partial charge in [-0.15, -0.1) is 0 Å². The number of aromatic nitrogens is 2. The maximum atomic E-state index is 12.2. The normalized spacial score (nSPS) is 11.7. The van der Waals surface area contributed by atoms with Crippen LogP contribution in [0.25, 0.3) is 11.4 Å². The molecule has 8 heteroatoms. The van der Waals surface area contributed by atoms with Crippen LogP contribution in [0.2, 0.25) is 0 Å². The lowest BCUT2D eigenvalue weighted by molar-refractivity contribution is -0.127. The number of carbonyl (C=O) groups excluding carboxylic acids is 1. The number of halogens is 1. The molecule has 7 nitrogen and oxygen atoms in total. The molecule has 140 valence electrons. The molecule has 0 aliphatic rings. The van der Waals surface area contributed by atoms with Crippen molar-refractivity contribution in [3.8, 4) is 22.9 Å². The Morgan fingerprint density at radius 2 is 1.96 bits per heavy atom. The molecule has 3 aromatic rings. The predicted molar refractivity (Wildman–Crippen MR) is 102 cm³/mol. The van der Waals surface area contributed by atoms with Crippen molar-refractivity contribution in [2.75, 3.05) is 7.11 Å². The van der Waals surface area contributed by atoms with Gasteiger partial charge in [0.15, 0.2) is 6.10 Å². The van der Waals surface area contributed by atoms with Crippen LogP contribution in [0.5, 0.6) is 11.5 Å². The van der Waals surface area contributed by atoms with Crippen molar-refractivity contribution in [3.05, 3.63) is 58.9 Å². The number of nitrogens with one attached hydrogen (secondary N) is 1. The van der Waals surface area contributed by atoms with E-state index in [1.165, 1.54) is 0 Å². The average Bonchev–Trinajstić information content (AvgIpc) is 3.16. The Bertz CT molecular complexity index is 911. The summed E-state index contributed by atoms with van der Waals surface area (Å²) in [5.74, 6) is 1.79. The zero-order valence-electron chi connectivity index (χ0n) is 14.8. The van der Waals surface area contributed by atoms with E-state index in [0.717, 1.165) is 15.8 Å². The molecule has 27 heavy (non-hydrogen) atoms. The van der Waals surface area contributed by atoms with Crippen molar-refractivity contribution in [2.45, 2.75) is 19.6 Å². The minimum absolute atomic E-state index is 0.121. The fourth-order valence-corrected chi connectivity index (χ4v) is 2.69.